The molecule has 0 aromatic carbocycles. The molecule has 0 aliphatic heterocycles. The van der Waals surface area contributed by atoms with Crippen LogP contribution in [-0.4, -0.2) is 50.9 Å². The van der Waals surface area contributed by atoms with E-state index < -0.39 is 5.91 Å². The number of guanidine groups is 2. The molecule has 0 unspecified atom stereocenters. The lowest BCUT2D eigenvalue weighted by Crippen LogP contribution is -2.38. The number of rotatable bonds is 13. The zero-order valence-corrected chi connectivity index (χ0v) is 20.3. The summed E-state index contributed by atoms with van der Waals surface area (Å²) in [6.45, 7) is 1.12. The van der Waals surface area contributed by atoms with Crippen LogP contribution in [0.4, 0.5) is 11.6 Å². The van der Waals surface area contributed by atoms with E-state index in [4.69, 9.17) is 40.3 Å². The first-order valence-corrected chi connectivity index (χ1v) is 11.7. The SMILES string of the molecule is NC(N)=NCCCCCc1cnc(CCCCCN=C(N)NC(=O)c2nc(Cl)c(N)nc2N)cn1. The summed E-state index contributed by atoms with van der Waals surface area (Å²) in [7, 11) is 0. The number of amides is 1. The van der Waals surface area contributed by atoms with Crippen LogP contribution in [0.1, 0.15) is 60.4 Å². The van der Waals surface area contributed by atoms with Gasteiger partial charge in [-0.3, -0.25) is 30.1 Å². The number of nitrogen functional groups attached to an aromatic ring is 2. The average molecular weight is 505 g/mol. The molecule has 190 valence electrons. The van der Waals surface area contributed by atoms with Crippen LogP contribution in [0.5, 0.6) is 0 Å². The summed E-state index contributed by atoms with van der Waals surface area (Å²) < 4.78 is 0. The van der Waals surface area contributed by atoms with Crippen molar-refractivity contribution in [2.75, 3.05) is 24.6 Å². The number of aliphatic imine (C=N–C) groups is 2. The zero-order chi connectivity index (χ0) is 25.6. The number of anilines is 2. The number of halogens is 1. The molecule has 0 spiro atoms. The largest absolute Gasteiger partial charge is 0.382 e. The minimum atomic E-state index is -0.661. The molecule has 2 heterocycles. The summed E-state index contributed by atoms with van der Waals surface area (Å²) >= 11 is 5.78. The maximum Gasteiger partial charge on any atom is 0.280 e. The molecular weight excluding hydrogens is 472 g/mol. The smallest absolute Gasteiger partial charge is 0.280 e. The highest BCUT2D eigenvalue weighted by Crippen LogP contribution is 2.17. The Kier molecular flexibility index (Phi) is 11.4. The summed E-state index contributed by atoms with van der Waals surface area (Å²) in [4.78, 5) is 36.9. The van der Waals surface area contributed by atoms with Crippen LogP contribution in [0.15, 0.2) is 22.4 Å². The van der Waals surface area contributed by atoms with Crippen LogP contribution in [0.2, 0.25) is 5.15 Å². The highest BCUT2D eigenvalue weighted by molar-refractivity contribution is 6.31. The molecule has 0 radical (unpaired) electrons. The van der Waals surface area contributed by atoms with Gasteiger partial charge in [-0.05, 0) is 38.5 Å². The summed E-state index contributed by atoms with van der Waals surface area (Å²) in [5.41, 5.74) is 29.3. The van der Waals surface area contributed by atoms with Gasteiger partial charge in [-0.25, -0.2) is 9.97 Å². The molecule has 0 atom stereocenters. The number of carbonyl (C=O) groups is 1. The molecule has 13 nitrogen and oxygen atoms in total. The molecule has 2 aromatic rings. The van der Waals surface area contributed by atoms with Gasteiger partial charge in [0.1, 0.15) is 0 Å². The number of carbonyl (C=O) groups excluding carboxylic acids is 1. The second-order valence-electron chi connectivity index (χ2n) is 7.78. The molecule has 0 fully saturated rings. The van der Waals surface area contributed by atoms with Gasteiger partial charge in [0.05, 0.1) is 11.4 Å². The van der Waals surface area contributed by atoms with Crippen molar-refractivity contribution in [3.63, 3.8) is 0 Å². The van der Waals surface area contributed by atoms with Crippen LogP contribution in [0.3, 0.4) is 0 Å². The molecule has 14 heteroatoms. The molecule has 0 saturated carbocycles. The van der Waals surface area contributed by atoms with Crippen molar-refractivity contribution in [2.24, 2.45) is 27.2 Å². The predicted molar refractivity (Wildman–Crippen MR) is 138 cm³/mol. The van der Waals surface area contributed by atoms with Crippen molar-refractivity contribution in [3.05, 3.63) is 34.6 Å². The number of unbranched alkanes of at least 4 members (excludes halogenated alkanes) is 4. The van der Waals surface area contributed by atoms with Gasteiger partial charge >= 0.3 is 0 Å². The van der Waals surface area contributed by atoms with Gasteiger partial charge in [-0.1, -0.05) is 24.4 Å². The highest BCUT2D eigenvalue weighted by Gasteiger charge is 2.16. The fourth-order valence-corrected chi connectivity index (χ4v) is 3.19. The molecular formula is C21H33ClN12O. The third-order valence-electron chi connectivity index (χ3n) is 4.88. The van der Waals surface area contributed by atoms with Gasteiger partial charge < -0.3 is 28.7 Å². The van der Waals surface area contributed by atoms with Crippen molar-refractivity contribution in [1.82, 2.24) is 25.3 Å². The molecule has 11 N–H and O–H groups in total. The Balaban J connectivity index is 1.61. The predicted octanol–water partition coefficient (Wildman–Crippen LogP) is 0.528. The van der Waals surface area contributed by atoms with Gasteiger partial charge in [0.15, 0.2) is 34.4 Å². The Bertz CT molecular complexity index is 1020. The number of aryl methyl sites for hydroxylation is 2. The van der Waals surface area contributed by atoms with Crippen LogP contribution in [0, 0.1) is 0 Å². The summed E-state index contributed by atoms with van der Waals surface area (Å²) in [5, 5.41) is 2.29. The molecule has 2 rings (SSSR count). The van der Waals surface area contributed by atoms with Crippen molar-refractivity contribution in [2.45, 2.75) is 51.4 Å². The van der Waals surface area contributed by atoms with E-state index >= 15 is 0 Å². The quantitative estimate of drug-likeness (QED) is 0.125. The van der Waals surface area contributed by atoms with Gasteiger partial charge in [0.25, 0.3) is 5.91 Å². The number of hydrogen-bond acceptors (Lipinski definition) is 9. The van der Waals surface area contributed by atoms with Gasteiger partial charge in [-0.15, -0.1) is 0 Å². The number of nitrogens with zero attached hydrogens (tertiary/aromatic N) is 6. The van der Waals surface area contributed by atoms with E-state index in [1.165, 1.54) is 0 Å². The number of nitrogens with two attached hydrogens (primary N) is 5. The minimum absolute atomic E-state index is 0.0400. The first-order valence-electron chi connectivity index (χ1n) is 11.3. The van der Waals surface area contributed by atoms with Gasteiger partial charge in [0, 0.05) is 25.5 Å². The Labute approximate surface area is 209 Å². The number of hydrogen-bond donors (Lipinski definition) is 6. The lowest BCUT2D eigenvalue weighted by atomic mass is 10.1. The maximum absolute atomic E-state index is 12.2. The maximum atomic E-state index is 12.2. The Morgan fingerprint density at radius 1 is 0.829 bits per heavy atom. The van der Waals surface area contributed by atoms with E-state index in [9.17, 15) is 4.79 Å². The number of aromatic nitrogens is 4. The second kappa shape index (κ2) is 14.5. The molecule has 0 bridgehead atoms. The zero-order valence-electron chi connectivity index (χ0n) is 19.6. The van der Waals surface area contributed by atoms with E-state index in [0.717, 1.165) is 62.8 Å². The molecule has 0 aliphatic rings. The van der Waals surface area contributed by atoms with E-state index in [-0.39, 0.29) is 34.4 Å². The average Bonchev–Trinajstić information content (AvgIpc) is 2.81. The van der Waals surface area contributed by atoms with E-state index in [1.807, 2.05) is 12.4 Å². The second-order valence-corrected chi connectivity index (χ2v) is 8.14. The summed E-state index contributed by atoms with van der Waals surface area (Å²) in [5.74, 6) is -0.771. The normalized spacial score (nSPS) is 11.3. The van der Waals surface area contributed by atoms with E-state index in [0.29, 0.717) is 13.1 Å². The molecule has 2 aromatic heterocycles. The lowest BCUT2D eigenvalue weighted by Gasteiger charge is -2.07. The first kappa shape index (κ1) is 27.5. The highest BCUT2D eigenvalue weighted by atomic mass is 35.5. The Hall–Kier alpha value is -3.74. The lowest BCUT2D eigenvalue weighted by molar-refractivity contribution is 0.0972. The molecule has 1 amide bonds. The van der Waals surface area contributed by atoms with Crippen molar-refractivity contribution >= 4 is 41.1 Å². The third-order valence-corrected chi connectivity index (χ3v) is 5.16. The summed E-state index contributed by atoms with van der Waals surface area (Å²) in [6, 6.07) is 0. The number of nitrogens with one attached hydrogen (secondary N) is 1. The molecule has 0 saturated heterocycles. The molecule has 0 aliphatic carbocycles. The van der Waals surface area contributed by atoms with Crippen LogP contribution >= 0.6 is 11.6 Å². The third kappa shape index (κ3) is 10.4. The van der Waals surface area contributed by atoms with Crippen LogP contribution in [-0.2, 0) is 12.8 Å². The van der Waals surface area contributed by atoms with Crippen molar-refractivity contribution in [3.8, 4) is 0 Å². The van der Waals surface area contributed by atoms with Crippen molar-refractivity contribution < 1.29 is 4.79 Å². The van der Waals surface area contributed by atoms with E-state index in [2.05, 4.69) is 35.2 Å². The fourth-order valence-electron chi connectivity index (χ4n) is 3.06. The Morgan fingerprint density at radius 2 is 1.40 bits per heavy atom. The topological polar surface area (TPSA) is 235 Å². The van der Waals surface area contributed by atoms with Gasteiger partial charge in [-0.2, -0.15) is 0 Å². The van der Waals surface area contributed by atoms with Crippen LogP contribution < -0.4 is 34.0 Å². The standard InChI is InChI=1S/C21H33ClN12O/c22-16-18(24)33-17(23)15(32-16)19(35)34-21(27)29-10-6-2-4-8-14-12-30-13(11-31-14)7-3-1-5-9-28-20(25)26/h11-12H,1-10H2,(H4,23,24,33)(H4,25,26,28)(H3,27,29,34,35). The fraction of sp³-hybridized carbons (Fsp3) is 0.476. The van der Waals surface area contributed by atoms with Crippen molar-refractivity contribution in [1.29, 1.82) is 0 Å². The summed E-state index contributed by atoms with van der Waals surface area (Å²) in [6.07, 6.45) is 11.1. The van der Waals surface area contributed by atoms with Gasteiger partial charge in [0.2, 0.25) is 0 Å². The Morgan fingerprint density at radius 3 is 1.94 bits per heavy atom. The monoisotopic (exact) mass is 504 g/mol. The first-order chi connectivity index (χ1) is 16.8. The minimum Gasteiger partial charge on any atom is -0.382 e. The van der Waals surface area contributed by atoms with E-state index in [1.54, 1.807) is 0 Å². The molecule has 35 heavy (non-hydrogen) atoms. The van der Waals surface area contributed by atoms with Crippen LogP contribution in [0.25, 0.3) is 0 Å².